The molecule has 1 unspecified atom stereocenters. The lowest BCUT2D eigenvalue weighted by atomic mass is 10.1. The molecule has 1 aliphatic rings. The molecule has 0 radical (unpaired) electrons. The smallest absolute Gasteiger partial charge is 0.318 e. The number of piperidine rings is 1. The van der Waals surface area contributed by atoms with E-state index in [0.29, 0.717) is 19.5 Å². The van der Waals surface area contributed by atoms with Crippen LogP contribution in [0.2, 0.25) is 0 Å². The molecule has 0 aliphatic carbocycles. The van der Waals surface area contributed by atoms with Crippen molar-refractivity contribution in [1.82, 2.24) is 15.5 Å². The molecular weight excluding hydrogens is 210 g/mol. The van der Waals surface area contributed by atoms with Gasteiger partial charge in [-0.25, -0.2) is 4.79 Å². The fourth-order valence-corrected chi connectivity index (χ4v) is 1.58. The molecule has 90 valence electrons. The zero-order valence-electron chi connectivity index (χ0n) is 9.58. The first-order valence-corrected chi connectivity index (χ1v) is 5.47. The molecule has 1 atom stereocenters. The van der Waals surface area contributed by atoms with Gasteiger partial charge in [-0.15, -0.1) is 0 Å². The van der Waals surface area contributed by atoms with Crippen molar-refractivity contribution >= 4 is 17.8 Å². The van der Waals surface area contributed by atoms with Crippen molar-refractivity contribution in [2.24, 2.45) is 0 Å². The molecule has 6 nitrogen and oxygen atoms in total. The SMILES string of the molecule is CCN(CC)C(=O)NC1CCC(=O)NC1=O. The monoisotopic (exact) mass is 227 g/mol. The summed E-state index contributed by atoms with van der Waals surface area (Å²) in [5.41, 5.74) is 0. The largest absolute Gasteiger partial charge is 0.326 e. The molecule has 4 amide bonds. The third-order valence-corrected chi connectivity index (χ3v) is 2.59. The van der Waals surface area contributed by atoms with Gasteiger partial charge in [0.15, 0.2) is 0 Å². The first kappa shape index (κ1) is 12.5. The van der Waals surface area contributed by atoms with E-state index in [4.69, 9.17) is 0 Å². The number of nitrogens with zero attached hydrogens (tertiary/aromatic N) is 1. The van der Waals surface area contributed by atoms with Gasteiger partial charge in [-0.05, 0) is 20.3 Å². The minimum atomic E-state index is -0.592. The molecule has 1 rings (SSSR count). The molecule has 0 saturated carbocycles. The van der Waals surface area contributed by atoms with Gasteiger partial charge in [-0.1, -0.05) is 0 Å². The number of imide groups is 1. The Balaban J connectivity index is 2.50. The third-order valence-electron chi connectivity index (χ3n) is 2.59. The number of amides is 4. The van der Waals surface area contributed by atoms with Crippen molar-refractivity contribution in [2.45, 2.75) is 32.7 Å². The van der Waals surface area contributed by atoms with Gasteiger partial charge < -0.3 is 10.2 Å². The van der Waals surface area contributed by atoms with Crippen molar-refractivity contribution in [2.75, 3.05) is 13.1 Å². The van der Waals surface area contributed by atoms with Crippen molar-refractivity contribution in [3.8, 4) is 0 Å². The summed E-state index contributed by atoms with van der Waals surface area (Å²) in [4.78, 5) is 35.5. The van der Waals surface area contributed by atoms with Crippen LogP contribution in [0.4, 0.5) is 4.79 Å². The van der Waals surface area contributed by atoms with Crippen LogP contribution in [-0.4, -0.2) is 41.9 Å². The van der Waals surface area contributed by atoms with Gasteiger partial charge >= 0.3 is 6.03 Å². The van der Waals surface area contributed by atoms with Crippen molar-refractivity contribution in [1.29, 1.82) is 0 Å². The summed E-state index contributed by atoms with van der Waals surface area (Å²) in [6.45, 7) is 4.92. The van der Waals surface area contributed by atoms with E-state index in [-0.39, 0.29) is 18.4 Å². The van der Waals surface area contributed by atoms with E-state index in [1.165, 1.54) is 0 Å². The average Bonchev–Trinajstić information content (AvgIpc) is 2.24. The van der Waals surface area contributed by atoms with Gasteiger partial charge in [0.1, 0.15) is 6.04 Å². The third kappa shape index (κ3) is 2.95. The van der Waals surface area contributed by atoms with Crippen LogP contribution in [-0.2, 0) is 9.59 Å². The topological polar surface area (TPSA) is 78.5 Å². The number of urea groups is 1. The van der Waals surface area contributed by atoms with Crippen LogP contribution in [0.5, 0.6) is 0 Å². The van der Waals surface area contributed by atoms with Crippen LogP contribution in [0.15, 0.2) is 0 Å². The average molecular weight is 227 g/mol. The number of carbonyl (C=O) groups is 3. The number of hydrogen-bond acceptors (Lipinski definition) is 3. The summed E-state index contributed by atoms with van der Waals surface area (Å²) < 4.78 is 0. The molecule has 1 aliphatic heterocycles. The number of carbonyl (C=O) groups excluding carboxylic acids is 3. The van der Waals surface area contributed by atoms with E-state index >= 15 is 0 Å². The quantitative estimate of drug-likeness (QED) is 0.658. The Kier molecular flexibility index (Phi) is 4.28. The minimum Gasteiger partial charge on any atom is -0.326 e. The Morgan fingerprint density at radius 1 is 1.44 bits per heavy atom. The Labute approximate surface area is 94.4 Å². The van der Waals surface area contributed by atoms with Crippen LogP contribution in [0, 0.1) is 0 Å². The molecule has 0 aromatic rings. The molecule has 6 heteroatoms. The molecule has 0 spiro atoms. The predicted molar refractivity (Wildman–Crippen MR) is 57.6 cm³/mol. The minimum absolute atomic E-state index is 0.264. The van der Waals surface area contributed by atoms with Crippen LogP contribution in [0.1, 0.15) is 26.7 Å². The normalized spacial score (nSPS) is 20.2. The fourth-order valence-electron chi connectivity index (χ4n) is 1.58. The van der Waals surface area contributed by atoms with Crippen LogP contribution in [0.3, 0.4) is 0 Å². The molecule has 0 bridgehead atoms. The first-order chi connectivity index (χ1) is 7.58. The molecule has 1 saturated heterocycles. The standard InChI is InChI=1S/C10H17N3O3/c1-3-13(4-2)10(16)11-7-5-6-8(14)12-9(7)15/h7H,3-6H2,1-2H3,(H,11,16)(H,12,14,15). The van der Waals surface area contributed by atoms with E-state index in [1.807, 2.05) is 13.8 Å². The molecule has 0 aromatic carbocycles. The van der Waals surface area contributed by atoms with Crippen LogP contribution < -0.4 is 10.6 Å². The number of hydrogen-bond donors (Lipinski definition) is 2. The van der Waals surface area contributed by atoms with Gasteiger partial charge in [0, 0.05) is 19.5 Å². The van der Waals surface area contributed by atoms with E-state index in [9.17, 15) is 14.4 Å². The highest BCUT2D eigenvalue weighted by Crippen LogP contribution is 2.04. The van der Waals surface area contributed by atoms with E-state index in [2.05, 4.69) is 10.6 Å². The lowest BCUT2D eigenvalue weighted by Crippen LogP contribution is -2.55. The maximum Gasteiger partial charge on any atom is 0.318 e. The maximum absolute atomic E-state index is 11.7. The van der Waals surface area contributed by atoms with Gasteiger partial charge in [-0.2, -0.15) is 0 Å². The van der Waals surface area contributed by atoms with Gasteiger partial charge in [0.05, 0.1) is 0 Å². The number of rotatable bonds is 3. The second kappa shape index (κ2) is 5.48. The van der Waals surface area contributed by atoms with Gasteiger partial charge in [0.25, 0.3) is 0 Å². The highest BCUT2D eigenvalue weighted by Gasteiger charge is 2.28. The highest BCUT2D eigenvalue weighted by atomic mass is 16.2. The zero-order valence-corrected chi connectivity index (χ0v) is 9.58. The molecule has 2 N–H and O–H groups in total. The summed E-state index contributed by atoms with van der Waals surface area (Å²) in [6, 6.07) is -0.856. The Morgan fingerprint density at radius 3 is 2.56 bits per heavy atom. The van der Waals surface area contributed by atoms with Gasteiger partial charge in [0.2, 0.25) is 11.8 Å². The lowest BCUT2D eigenvalue weighted by Gasteiger charge is -2.26. The van der Waals surface area contributed by atoms with E-state index in [0.717, 1.165) is 0 Å². The summed E-state index contributed by atoms with van der Waals surface area (Å²) in [6.07, 6.45) is 0.645. The molecular formula is C10H17N3O3. The molecule has 1 fully saturated rings. The summed E-state index contributed by atoms with van der Waals surface area (Å²) in [7, 11) is 0. The maximum atomic E-state index is 11.7. The predicted octanol–water partition coefficient (Wildman–Crippen LogP) is -0.157. The molecule has 16 heavy (non-hydrogen) atoms. The number of nitrogens with one attached hydrogen (secondary N) is 2. The summed E-state index contributed by atoms with van der Waals surface area (Å²) in [5.74, 6) is -0.699. The zero-order chi connectivity index (χ0) is 12.1. The highest BCUT2D eigenvalue weighted by molar-refractivity contribution is 6.01. The second-order valence-electron chi connectivity index (χ2n) is 3.63. The van der Waals surface area contributed by atoms with E-state index < -0.39 is 11.9 Å². The summed E-state index contributed by atoms with van der Waals surface area (Å²) in [5, 5.41) is 4.81. The first-order valence-electron chi connectivity index (χ1n) is 5.47. The van der Waals surface area contributed by atoms with Crippen LogP contribution >= 0.6 is 0 Å². The van der Waals surface area contributed by atoms with Gasteiger partial charge in [-0.3, -0.25) is 14.9 Å². The van der Waals surface area contributed by atoms with E-state index in [1.54, 1.807) is 4.90 Å². The van der Waals surface area contributed by atoms with Crippen LogP contribution in [0.25, 0.3) is 0 Å². The fraction of sp³-hybridized carbons (Fsp3) is 0.700. The Hall–Kier alpha value is -1.59. The summed E-state index contributed by atoms with van der Waals surface area (Å²) >= 11 is 0. The molecule has 1 heterocycles. The van der Waals surface area contributed by atoms with Crippen molar-refractivity contribution in [3.05, 3.63) is 0 Å². The van der Waals surface area contributed by atoms with Crippen molar-refractivity contribution < 1.29 is 14.4 Å². The van der Waals surface area contributed by atoms with Crippen molar-refractivity contribution in [3.63, 3.8) is 0 Å². The second-order valence-corrected chi connectivity index (χ2v) is 3.63. The Morgan fingerprint density at radius 2 is 2.06 bits per heavy atom. The Bertz CT molecular complexity index is 300. The molecule has 0 aromatic heterocycles. The lowest BCUT2D eigenvalue weighted by molar-refractivity contribution is -0.134.